The molecule has 0 atom stereocenters. The molecule has 1 aliphatic heterocycles. The SMILES string of the molecule is O=CCOCCCC1(c2ccon2)OCCO1. The van der Waals surface area contributed by atoms with Crippen LogP contribution in [0.3, 0.4) is 0 Å². The van der Waals surface area contributed by atoms with Crippen molar-refractivity contribution in [3.05, 3.63) is 18.0 Å². The largest absolute Gasteiger partial charge is 0.374 e. The molecule has 1 fully saturated rings. The van der Waals surface area contributed by atoms with Crippen LogP contribution in [0.4, 0.5) is 0 Å². The van der Waals surface area contributed by atoms with E-state index in [4.69, 9.17) is 18.7 Å². The molecule has 0 radical (unpaired) electrons. The Morgan fingerprint density at radius 3 is 2.94 bits per heavy atom. The number of carbonyl (C=O) groups excluding carboxylic acids is 1. The van der Waals surface area contributed by atoms with Crippen LogP contribution in [-0.2, 0) is 24.8 Å². The van der Waals surface area contributed by atoms with Crippen LogP contribution >= 0.6 is 0 Å². The van der Waals surface area contributed by atoms with E-state index in [1.165, 1.54) is 6.26 Å². The van der Waals surface area contributed by atoms with Gasteiger partial charge in [0.2, 0.25) is 5.79 Å². The summed E-state index contributed by atoms with van der Waals surface area (Å²) in [4.78, 5) is 10.1. The molecule has 17 heavy (non-hydrogen) atoms. The quantitative estimate of drug-likeness (QED) is 0.521. The van der Waals surface area contributed by atoms with Crippen LogP contribution < -0.4 is 0 Å². The summed E-state index contributed by atoms with van der Waals surface area (Å²) in [6.07, 6.45) is 3.57. The first-order valence-corrected chi connectivity index (χ1v) is 5.57. The first-order chi connectivity index (χ1) is 8.37. The zero-order chi connectivity index (χ0) is 12.0. The van der Waals surface area contributed by atoms with Crippen molar-refractivity contribution < 1.29 is 23.5 Å². The van der Waals surface area contributed by atoms with Gasteiger partial charge in [-0.1, -0.05) is 5.16 Å². The summed E-state index contributed by atoms with van der Waals surface area (Å²) >= 11 is 0. The van der Waals surface area contributed by atoms with Crippen molar-refractivity contribution in [2.24, 2.45) is 0 Å². The van der Waals surface area contributed by atoms with Crippen molar-refractivity contribution in [1.82, 2.24) is 5.16 Å². The first-order valence-electron chi connectivity index (χ1n) is 5.57. The highest BCUT2D eigenvalue weighted by molar-refractivity contribution is 5.50. The maximum atomic E-state index is 10.1. The van der Waals surface area contributed by atoms with E-state index < -0.39 is 5.79 Å². The lowest BCUT2D eigenvalue weighted by atomic mass is 10.1. The van der Waals surface area contributed by atoms with Crippen LogP contribution in [0.2, 0.25) is 0 Å². The molecule has 6 heteroatoms. The molecule has 0 spiro atoms. The number of nitrogens with zero attached hydrogens (tertiary/aromatic N) is 1. The second-order valence-electron chi connectivity index (χ2n) is 3.68. The molecule has 1 aromatic rings. The minimum absolute atomic E-state index is 0.124. The van der Waals surface area contributed by atoms with E-state index in [2.05, 4.69) is 5.16 Å². The van der Waals surface area contributed by atoms with Gasteiger partial charge in [0.1, 0.15) is 24.9 Å². The molecule has 6 nitrogen and oxygen atoms in total. The van der Waals surface area contributed by atoms with Crippen molar-refractivity contribution in [2.75, 3.05) is 26.4 Å². The summed E-state index contributed by atoms with van der Waals surface area (Å²) in [5.41, 5.74) is 0.644. The molecule has 0 aromatic carbocycles. The second kappa shape index (κ2) is 5.90. The summed E-state index contributed by atoms with van der Waals surface area (Å²) in [5, 5.41) is 3.86. The van der Waals surface area contributed by atoms with Crippen LogP contribution in [0.5, 0.6) is 0 Å². The Labute approximate surface area is 98.8 Å². The summed E-state index contributed by atoms with van der Waals surface area (Å²) in [7, 11) is 0. The maximum Gasteiger partial charge on any atom is 0.215 e. The van der Waals surface area contributed by atoms with Crippen molar-refractivity contribution in [3.8, 4) is 0 Å². The Bertz CT molecular complexity index is 332. The Morgan fingerprint density at radius 1 is 1.47 bits per heavy atom. The van der Waals surface area contributed by atoms with Crippen LogP contribution in [0.15, 0.2) is 16.9 Å². The molecule has 0 unspecified atom stereocenters. The van der Waals surface area contributed by atoms with Gasteiger partial charge in [-0.05, 0) is 6.42 Å². The van der Waals surface area contributed by atoms with E-state index in [9.17, 15) is 4.79 Å². The molecule has 0 amide bonds. The monoisotopic (exact) mass is 241 g/mol. The molecule has 94 valence electrons. The van der Waals surface area contributed by atoms with E-state index >= 15 is 0 Å². The van der Waals surface area contributed by atoms with Crippen LogP contribution in [0, 0.1) is 0 Å². The minimum atomic E-state index is -0.808. The predicted octanol–water partition coefficient (Wildman–Crippen LogP) is 0.870. The van der Waals surface area contributed by atoms with Gasteiger partial charge in [0, 0.05) is 19.1 Å². The van der Waals surface area contributed by atoms with Crippen LogP contribution in [0.1, 0.15) is 18.5 Å². The molecule has 0 N–H and O–H groups in total. The van der Waals surface area contributed by atoms with Crippen LogP contribution in [0.25, 0.3) is 0 Å². The fraction of sp³-hybridized carbons (Fsp3) is 0.636. The number of aromatic nitrogens is 1. The third kappa shape index (κ3) is 2.91. The van der Waals surface area contributed by atoms with Crippen molar-refractivity contribution in [3.63, 3.8) is 0 Å². The summed E-state index contributed by atoms with van der Waals surface area (Å²) in [6, 6.07) is 1.73. The third-order valence-corrected chi connectivity index (χ3v) is 2.56. The fourth-order valence-electron chi connectivity index (χ4n) is 1.82. The molecule has 2 rings (SSSR count). The molecule has 0 saturated carbocycles. The molecule has 1 aliphatic rings. The zero-order valence-electron chi connectivity index (χ0n) is 9.46. The number of hydrogen-bond acceptors (Lipinski definition) is 6. The highest BCUT2D eigenvalue weighted by Gasteiger charge is 2.40. The Balaban J connectivity index is 1.87. The molecular formula is C11H15NO5. The van der Waals surface area contributed by atoms with E-state index in [0.29, 0.717) is 31.9 Å². The lowest BCUT2D eigenvalue weighted by Crippen LogP contribution is -2.28. The van der Waals surface area contributed by atoms with Gasteiger partial charge in [-0.3, -0.25) is 0 Å². The van der Waals surface area contributed by atoms with E-state index in [-0.39, 0.29) is 6.61 Å². The first kappa shape index (κ1) is 12.2. The topological polar surface area (TPSA) is 70.8 Å². The number of aldehydes is 1. The Kier molecular flexibility index (Phi) is 4.24. The number of rotatable bonds is 7. The van der Waals surface area contributed by atoms with Crippen LogP contribution in [-0.4, -0.2) is 37.9 Å². The van der Waals surface area contributed by atoms with Gasteiger partial charge < -0.3 is 23.5 Å². The lowest BCUT2D eigenvalue weighted by Gasteiger charge is -2.24. The third-order valence-electron chi connectivity index (χ3n) is 2.56. The number of carbonyl (C=O) groups is 1. The zero-order valence-corrected chi connectivity index (χ0v) is 9.46. The number of hydrogen-bond donors (Lipinski definition) is 0. The highest BCUT2D eigenvalue weighted by Crippen LogP contribution is 2.34. The number of ether oxygens (including phenoxy) is 3. The maximum absolute atomic E-state index is 10.1. The van der Waals surface area contributed by atoms with Gasteiger partial charge >= 0.3 is 0 Å². The van der Waals surface area contributed by atoms with Crippen molar-refractivity contribution in [1.29, 1.82) is 0 Å². The minimum Gasteiger partial charge on any atom is -0.374 e. The molecule has 2 heterocycles. The molecular weight excluding hydrogens is 226 g/mol. The normalized spacial score (nSPS) is 18.4. The summed E-state index contributed by atoms with van der Waals surface area (Å²) in [5.74, 6) is -0.808. The van der Waals surface area contributed by atoms with E-state index in [1.807, 2.05) is 0 Å². The Morgan fingerprint density at radius 2 is 2.29 bits per heavy atom. The van der Waals surface area contributed by atoms with Gasteiger partial charge in [-0.15, -0.1) is 0 Å². The lowest BCUT2D eigenvalue weighted by molar-refractivity contribution is -0.177. The summed E-state index contributed by atoms with van der Waals surface area (Å²) < 4.78 is 21.1. The molecule has 1 saturated heterocycles. The molecule has 0 aliphatic carbocycles. The van der Waals surface area contributed by atoms with E-state index in [1.54, 1.807) is 6.07 Å². The Hall–Kier alpha value is -1.24. The smallest absolute Gasteiger partial charge is 0.215 e. The van der Waals surface area contributed by atoms with Gasteiger partial charge in [0.15, 0.2) is 0 Å². The van der Waals surface area contributed by atoms with Gasteiger partial charge in [-0.2, -0.15) is 0 Å². The van der Waals surface area contributed by atoms with Gasteiger partial charge in [-0.25, -0.2) is 0 Å². The fourth-order valence-corrected chi connectivity index (χ4v) is 1.82. The second-order valence-corrected chi connectivity index (χ2v) is 3.68. The van der Waals surface area contributed by atoms with E-state index in [0.717, 1.165) is 12.7 Å². The average molecular weight is 241 g/mol. The standard InChI is InChI=1S/C11H15NO5/c13-4-7-14-5-1-3-11(15-8-9-16-11)10-2-6-17-12-10/h2,4,6H,1,3,5,7-9H2. The van der Waals surface area contributed by atoms with Crippen molar-refractivity contribution in [2.45, 2.75) is 18.6 Å². The average Bonchev–Trinajstić information content (AvgIpc) is 3.00. The highest BCUT2D eigenvalue weighted by atomic mass is 16.7. The summed E-state index contributed by atoms with van der Waals surface area (Å²) in [6.45, 7) is 1.70. The van der Waals surface area contributed by atoms with Gasteiger partial charge in [0.25, 0.3) is 0 Å². The molecule has 1 aromatic heterocycles. The molecule has 0 bridgehead atoms. The van der Waals surface area contributed by atoms with Gasteiger partial charge in [0.05, 0.1) is 13.2 Å². The van der Waals surface area contributed by atoms with Crippen molar-refractivity contribution >= 4 is 6.29 Å². The predicted molar refractivity (Wildman–Crippen MR) is 56.2 cm³/mol.